The van der Waals surface area contributed by atoms with Crippen LogP contribution >= 0.6 is 0 Å². The lowest BCUT2D eigenvalue weighted by Crippen LogP contribution is -2.24. The second kappa shape index (κ2) is 7.17. The van der Waals surface area contributed by atoms with Crippen molar-refractivity contribution in [1.29, 1.82) is 0 Å². The van der Waals surface area contributed by atoms with Gasteiger partial charge in [0.1, 0.15) is 0 Å². The number of aromatic nitrogens is 2. The van der Waals surface area contributed by atoms with Crippen molar-refractivity contribution in [3.63, 3.8) is 0 Å². The molecule has 0 spiro atoms. The van der Waals surface area contributed by atoms with Gasteiger partial charge in [-0.1, -0.05) is 30.3 Å². The van der Waals surface area contributed by atoms with Crippen molar-refractivity contribution in [1.82, 2.24) is 15.1 Å². The Morgan fingerprint density at radius 3 is 2.75 bits per heavy atom. The third-order valence-corrected chi connectivity index (χ3v) is 4.01. The molecule has 0 saturated carbocycles. The molecule has 1 N–H and O–H groups in total. The van der Waals surface area contributed by atoms with E-state index < -0.39 is 0 Å². The zero-order valence-corrected chi connectivity index (χ0v) is 14.0. The first kappa shape index (κ1) is 16.1. The Bertz CT molecular complexity index is 840. The van der Waals surface area contributed by atoms with Crippen LogP contribution in [0.2, 0.25) is 0 Å². The van der Waals surface area contributed by atoms with Gasteiger partial charge in [0.05, 0.1) is 18.0 Å². The van der Waals surface area contributed by atoms with Crippen molar-refractivity contribution >= 4 is 16.8 Å². The maximum atomic E-state index is 12.3. The van der Waals surface area contributed by atoms with Gasteiger partial charge in [-0.05, 0) is 36.6 Å². The number of carbonyl (C=O) groups excluding carboxylic acids is 1. The summed E-state index contributed by atoms with van der Waals surface area (Å²) in [5.41, 5.74) is 2.66. The van der Waals surface area contributed by atoms with Crippen molar-refractivity contribution in [2.45, 2.75) is 12.8 Å². The first-order valence-electron chi connectivity index (χ1n) is 8.02. The monoisotopic (exact) mass is 323 g/mol. The average molecular weight is 323 g/mol. The largest absolute Gasteiger partial charge is 0.481 e. The third kappa shape index (κ3) is 3.40. The van der Waals surface area contributed by atoms with Crippen LogP contribution < -0.4 is 10.1 Å². The lowest BCUT2D eigenvalue weighted by Gasteiger charge is -2.05. The van der Waals surface area contributed by atoms with Gasteiger partial charge in [-0.25, -0.2) is 4.68 Å². The fourth-order valence-electron chi connectivity index (χ4n) is 2.80. The number of methoxy groups -OCH3 is 1. The number of nitrogens with zero attached hydrogens (tertiary/aromatic N) is 2. The van der Waals surface area contributed by atoms with Gasteiger partial charge in [-0.2, -0.15) is 5.10 Å². The molecule has 1 amide bonds. The Labute approximate surface area is 141 Å². The van der Waals surface area contributed by atoms with Gasteiger partial charge in [-0.3, -0.25) is 4.79 Å². The van der Waals surface area contributed by atoms with Gasteiger partial charge < -0.3 is 10.1 Å². The summed E-state index contributed by atoms with van der Waals surface area (Å²) in [6.45, 7) is 0.650. The predicted molar refractivity (Wildman–Crippen MR) is 94.4 cm³/mol. The van der Waals surface area contributed by atoms with E-state index in [1.807, 2.05) is 31.3 Å². The van der Waals surface area contributed by atoms with Crippen molar-refractivity contribution in [3.05, 3.63) is 59.7 Å². The quantitative estimate of drug-likeness (QED) is 0.710. The van der Waals surface area contributed by atoms with Crippen molar-refractivity contribution in [2.75, 3.05) is 13.7 Å². The SMILES string of the molecule is COc1c2ccc(C(=O)NCCCc3ccccc3)cc2nn1C. The smallest absolute Gasteiger partial charge is 0.251 e. The molecule has 0 atom stereocenters. The van der Waals surface area contributed by atoms with Crippen LogP contribution in [0.15, 0.2) is 48.5 Å². The highest BCUT2D eigenvalue weighted by Crippen LogP contribution is 2.25. The van der Waals surface area contributed by atoms with Crippen LogP contribution in [0.25, 0.3) is 10.9 Å². The summed E-state index contributed by atoms with van der Waals surface area (Å²) in [5.74, 6) is 0.620. The Morgan fingerprint density at radius 2 is 2.00 bits per heavy atom. The fourth-order valence-corrected chi connectivity index (χ4v) is 2.80. The van der Waals surface area contributed by atoms with E-state index in [-0.39, 0.29) is 5.91 Å². The first-order chi connectivity index (χ1) is 11.7. The zero-order valence-electron chi connectivity index (χ0n) is 14.0. The van der Waals surface area contributed by atoms with E-state index in [0.29, 0.717) is 18.0 Å². The minimum absolute atomic E-state index is 0.0745. The number of benzene rings is 2. The van der Waals surface area contributed by atoms with Crippen molar-refractivity contribution < 1.29 is 9.53 Å². The molecule has 0 aliphatic heterocycles. The molecular formula is C19H21N3O2. The summed E-state index contributed by atoms with van der Waals surface area (Å²) in [6, 6.07) is 15.8. The molecule has 2 aromatic carbocycles. The highest BCUT2D eigenvalue weighted by atomic mass is 16.5. The molecule has 24 heavy (non-hydrogen) atoms. The fraction of sp³-hybridized carbons (Fsp3) is 0.263. The number of ether oxygens (including phenoxy) is 1. The van der Waals surface area contributed by atoms with Crippen molar-refractivity contribution in [3.8, 4) is 5.88 Å². The molecule has 3 rings (SSSR count). The summed E-state index contributed by atoms with van der Waals surface area (Å²) >= 11 is 0. The number of aryl methyl sites for hydroxylation is 2. The summed E-state index contributed by atoms with van der Waals surface area (Å²) in [6.07, 6.45) is 1.87. The van der Waals surface area contributed by atoms with Crippen molar-refractivity contribution in [2.24, 2.45) is 7.05 Å². The maximum Gasteiger partial charge on any atom is 0.251 e. The number of hydrogen-bond donors (Lipinski definition) is 1. The summed E-state index contributed by atoms with van der Waals surface area (Å²) in [5, 5.41) is 8.24. The maximum absolute atomic E-state index is 12.3. The van der Waals surface area contributed by atoms with E-state index in [2.05, 4.69) is 22.5 Å². The van der Waals surface area contributed by atoms with E-state index in [1.54, 1.807) is 23.9 Å². The normalized spacial score (nSPS) is 10.8. The van der Waals surface area contributed by atoms with Gasteiger partial charge in [0, 0.05) is 19.2 Å². The van der Waals surface area contributed by atoms with Gasteiger partial charge in [0.15, 0.2) is 0 Å². The molecule has 124 valence electrons. The Hall–Kier alpha value is -2.82. The summed E-state index contributed by atoms with van der Waals surface area (Å²) < 4.78 is 6.99. The van der Waals surface area contributed by atoms with Crippen LogP contribution in [0.5, 0.6) is 5.88 Å². The highest BCUT2D eigenvalue weighted by Gasteiger charge is 2.12. The second-order valence-electron chi connectivity index (χ2n) is 5.71. The molecular weight excluding hydrogens is 302 g/mol. The summed E-state index contributed by atoms with van der Waals surface area (Å²) in [7, 11) is 3.44. The third-order valence-electron chi connectivity index (χ3n) is 4.01. The molecule has 0 fully saturated rings. The van der Waals surface area contributed by atoms with E-state index >= 15 is 0 Å². The van der Waals surface area contributed by atoms with E-state index in [0.717, 1.165) is 23.7 Å². The standard InChI is InChI=1S/C19H21N3O2/c1-22-19(24-2)16-11-10-15(13-17(16)21-22)18(23)20-12-6-9-14-7-4-3-5-8-14/h3-5,7-8,10-11,13H,6,9,12H2,1-2H3,(H,20,23). The molecule has 5 nitrogen and oxygen atoms in total. The zero-order chi connectivity index (χ0) is 16.9. The Morgan fingerprint density at radius 1 is 1.21 bits per heavy atom. The van der Waals surface area contributed by atoms with Gasteiger partial charge in [0.2, 0.25) is 5.88 Å². The predicted octanol–water partition coefficient (Wildman–Crippen LogP) is 2.94. The molecule has 3 aromatic rings. The van der Waals surface area contributed by atoms with Gasteiger partial charge >= 0.3 is 0 Å². The molecule has 0 bridgehead atoms. The molecule has 0 aliphatic rings. The molecule has 0 unspecified atom stereocenters. The van der Waals surface area contributed by atoms with E-state index in [1.165, 1.54) is 5.56 Å². The lowest BCUT2D eigenvalue weighted by atomic mass is 10.1. The van der Waals surface area contributed by atoms with Crippen LogP contribution in [-0.2, 0) is 13.5 Å². The van der Waals surface area contributed by atoms with Crippen LogP contribution in [0, 0.1) is 0 Å². The number of fused-ring (bicyclic) bond motifs is 1. The molecule has 0 saturated heterocycles. The Kier molecular flexibility index (Phi) is 4.79. The van der Waals surface area contributed by atoms with Gasteiger partial charge in [-0.15, -0.1) is 0 Å². The van der Waals surface area contributed by atoms with Gasteiger partial charge in [0.25, 0.3) is 5.91 Å². The number of rotatable bonds is 6. The average Bonchev–Trinajstić information content (AvgIpc) is 2.93. The lowest BCUT2D eigenvalue weighted by molar-refractivity contribution is 0.0953. The molecule has 0 aliphatic carbocycles. The number of hydrogen-bond acceptors (Lipinski definition) is 3. The number of nitrogens with one attached hydrogen (secondary N) is 1. The first-order valence-corrected chi connectivity index (χ1v) is 8.02. The topological polar surface area (TPSA) is 56.1 Å². The Balaban J connectivity index is 1.60. The molecule has 0 radical (unpaired) electrons. The number of amides is 1. The van der Waals surface area contributed by atoms with Crippen LogP contribution in [0.1, 0.15) is 22.3 Å². The highest BCUT2D eigenvalue weighted by molar-refractivity contribution is 5.98. The molecule has 5 heteroatoms. The molecule has 1 aromatic heterocycles. The second-order valence-corrected chi connectivity index (χ2v) is 5.71. The van der Waals surface area contributed by atoms with Crippen LogP contribution in [-0.4, -0.2) is 29.3 Å². The summed E-state index contributed by atoms with van der Waals surface area (Å²) in [4.78, 5) is 12.3. The molecule has 1 heterocycles. The minimum atomic E-state index is -0.0745. The van der Waals surface area contributed by atoms with E-state index in [9.17, 15) is 4.79 Å². The van der Waals surface area contributed by atoms with E-state index in [4.69, 9.17) is 4.74 Å². The van der Waals surface area contributed by atoms with Crippen LogP contribution in [0.4, 0.5) is 0 Å². The number of carbonyl (C=O) groups is 1. The van der Waals surface area contributed by atoms with Crippen LogP contribution in [0.3, 0.4) is 0 Å². The minimum Gasteiger partial charge on any atom is -0.481 e.